The van der Waals surface area contributed by atoms with Gasteiger partial charge in [0.25, 0.3) is 15.7 Å². The van der Waals surface area contributed by atoms with E-state index in [1.807, 2.05) is 30.3 Å². The van der Waals surface area contributed by atoms with Crippen molar-refractivity contribution >= 4 is 15.7 Å². The van der Waals surface area contributed by atoms with E-state index in [9.17, 15) is 18.5 Å². The number of non-ortho nitro benzene ring substituents is 1. The number of allylic oxidation sites excluding steroid dienone is 2. The van der Waals surface area contributed by atoms with Gasteiger partial charge in [-0.25, -0.2) is 8.42 Å². The van der Waals surface area contributed by atoms with Gasteiger partial charge in [0.2, 0.25) is 0 Å². The number of nitro groups is 1. The normalized spacial score (nSPS) is 19.7. The topological polar surface area (TPSA) is 89.8 Å². The van der Waals surface area contributed by atoms with Gasteiger partial charge in [-0.3, -0.25) is 15.0 Å². The van der Waals surface area contributed by atoms with Gasteiger partial charge in [-0.15, -0.1) is 0 Å². The Morgan fingerprint density at radius 3 is 2.38 bits per heavy atom. The molecule has 0 amide bonds. The number of nitrogens with zero attached hydrogens (tertiary/aromatic N) is 2. The van der Waals surface area contributed by atoms with E-state index in [2.05, 4.69) is 26.0 Å². The minimum Gasteiger partial charge on any atom is -0.276 e. The Morgan fingerprint density at radius 2 is 1.78 bits per heavy atom. The molecular formula is C24H30N2O5S. The smallest absolute Gasteiger partial charge is 0.269 e. The lowest BCUT2D eigenvalue weighted by molar-refractivity contribution is -0.384. The highest BCUT2D eigenvalue weighted by Gasteiger charge is 2.42. The van der Waals surface area contributed by atoms with Crippen molar-refractivity contribution in [3.63, 3.8) is 0 Å². The van der Waals surface area contributed by atoms with E-state index >= 15 is 0 Å². The van der Waals surface area contributed by atoms with Crippen molar-refractivity contribution in [2.75, 3.05) is 0 Å². The third kappa shape index (κ3) is 5.62. The second-order valence-corrected chi connectivity index (χ2v) is 9.77. The van der Waals surface area contributed by atoms with E-state index in [4.69, 9.17) is 4.84 Å². The third-order valence-electron chi connectivity index (χ3n) is 5.89. The maximum absolute atomic E-state index is 13.3. The van der Waals surface area contributed by atoms with Crippen molar-refractivity contribution in [2.45, 2.75) is 63.0 Å². The summed E-state index contributed by atoms with van der Waals surface area (Å²) in [7, 11) is -3.97. The fourth-order valence-corrected chi connectivity index (χ4v) is 5.40. The first-order valence-corrected chi connectivity index (χ1v) is 12.5. The molecule has 2 aromatic carbocycles. The van der Waals surface area contributed by atoms with Crippen molar-refractivity contribution in [1.82, 2.24) is 4.47 Å². The van der Waals surface area contributed by atoms with E-state index in [-0.39, 0.29) is 22.7 Å². The zero-order chi connectivity index (χ0) is 23.1. The van der Waals surface area contributed by atoms with Crippen LogP contribution in [0.15, 0.2) is 71.6 Å². The molecule has 0 aromatic heterocycles. The number of hydroxylamine groups is 1. The third-order valence-corrected chi connectivity index (χ3v) is 7.62. The summed E-state index contributed by atoms with van der Waals surface area (Å²) in [6.45, 7) is 4.32. The van der Waals surface area contributed by atoms with Crippen LogP contribution in [0.5, 0.6) is 0 Å². The van der Waals surface area contributed by atoms with Gasteiger partial charge in [0.1, 0.15) is 6.10 Å². The van der Waals surface area contributed by atoms with Crippen LogP contribution in [0.1, 0.15) is 57.6 Å². The standard InChI is InChI=1S/C24H30N2O5S/c1-3-19(4-2)10-8-9-13-22-18-24(20-11-6-5-7-12-20)31-26(22)32(29,30)23-16-14-21(15-17-23)25(27)28/h5-8,10-12,14-17,19,22,24H,3-4,9,13,18H2,1-2H3/b10-8+/t22-,24+/m1/s1. The average molecular weight is 459 g/mol. The second-order valence-electron chi connectivity index (χ2n) is 7.99. The van der Waals surface area contributed by atoms with Gasteiger partial charge < -0.3 is 0 Å². The molecule has 32 heavy (non-hydrogen) atoms. The fraction of sp³-hybridized carbons (Fsp3) is 0.417. The molecule has 0 bridgehead atoms. The molecule has 1 aliphatic rings. The number of rotatable bonds is 10. The van der Waals surface area contributed by atoms with Gasteiger partial charge in [-0.05, 0) is 55.7 Å². The Morgan fingerprint density at radius 1 is 1.12 bits per heavy atom. The quantitative estimate of drug-likeness (QED) is 0.255. The van der Waals surface area contributed by atoms with E-state index in [1.165, 1.54) is 24.3 Å². The molecule has 8 heteroatoms. The van der Waals surface area contributed by atoms with Gasteiger partial charge >= 0.3 is 0 Å². The molecule has 0 spiro atoms. The van der Waals surface area contributed by atoms with Crippen LogP contribution in [0, 0.1) is 16.0 Å². The summed E-state index contributed by atoms with van der Waals surface area (Å²) in [5, 5.41) is 10.9. The first-order valence-electron chi connectivity index (χ1n) is 11.0. The monoisotopic (exact) mass is 458 g/mol. The van der Waals surface area contributed by atoms with Crippen LogP contribution >= 0.6 is 0 Å². The molecule has 2 atom stereocenters. The lowest BCUT2D eigenvalue weighted by Gasteiger charge is -2.22. The predicted molar refractivity (Wildman–Crippen MR) is 123 cm³/mol. The Balaban J connectivity index is 1.82. The first-order chi connectivity index (χ1) is 15.4. The first kappa shape index (κ1) is 24.1. The zero-order valence-corrected chi connectivity index (χ0v) is 19.3. The van der Waals surface area contributed by atoms with Crippen LogP contribution in [-0.2, 0) is 14.9 Å². The number of sulfonamides is 1. The molecule has 0 aliphatic carbocycles. The predicted octanol–water partition coefficient (Wildman–Crippen LogP) is 5.80. The molecule has 1 fully saturated rings. The number of benzene rings is 2. The minimum absolute atomic E-state index is 0.0191. The van der Waals surface area contributed by atoms with Crippen LogP contribution < -0.4 is 0 Å². The number of nitro benzene ring substituents is 1. The summed E-state index contributed by atoms with van der Waals surface area (Å²) in [4.78, 5) is 16.3. The SMILES string of the molecule is CCC(/C=C/CC[C@@H]1C[C@@H](c2ccccc2)ON1S(=O)(=O)c1ccc([N+](=O)[O-])cc1)CC. The molecule has 0 N–H and O–H groups in total. The number of hydrogen-bond acceptors (Lipinski definition) is 5. The van der Waals surface area contributed by atoms with Crippen LogP contribution in [0.25, 0.3) is 0 Å². The largest absolute Gasteiger partial charge is 0.276 e. The van der Waals surface area contributed by atoms with Gasteiger partial charge in [0.15, 0.2) is 0 Å². The Bertz CT molecular complexity index is 1020. The lowest BCUT2D eigenvalue weighted by Crippen LogP contribution is -2.34. The molecule has 0 saturated carbocycles. The van der Waals surface area contributed by atoms with Gasteiger partial charge in [0.05, 0.1) is 15.9 Å². The molecule has 7 nitrogen and oxygen atoms in total. The molecule has 172 valence electrons. The van der Waals surface area contributed by atoms with E-state index in [0.29, 0.717) is 18.8 Å². The maximum atomic E-state index is 13.3. The number of hydrogen-bond donors (Lipinski definition) is 0. The van der Waals surface area contributed by atoms with E-state index in [1.54, 1.807) is 0 Å². The molecule has 0 unspecified atom stereocenters. The van der Waals surface area contributed by atoms with Crippen molar-refractivity contribution in [3.8, 4) is 0 Å². The van der Waals surface area contributed by atoms with Crippen LogP contribution in [0.3, 0.4) is 0 Å². The Hall–Kier alpha value is -2.55. The van der Waals surface area contributed by atoms with Crippen molar-refractivity contribution in [2.24, 2.45) is 5.92 Å². The summed E-state index contributed by atoms with van der Waals surface area (Å²) < 4.78 is 27.8. The maximum Gasteiger partial charge on any atom is 0.269 e. The highest BCUT2D eigenvalue weighted by atomic mass is 32.2. The summed E-state index contributed by atoms with van der Waals surface area (Å²) in [5.41, 5.74) is 0.767. The summed E-state index contributed by atoms with van der Waals surface area (Å²) in [5.74, 6) is 0.534. The molecule has 1 aliphatic heterocycles. The second kappa shape index (κ2) is 10.8. The van der Waals surface area contributed by atoms with Gasteiger partial charge in [-0.1, -0.05) is 60.8 Å². The average Bonchev–Trinajstić information content (AvgIpc) is 3.25. The van der Waals surface area contributed by atoms with Crippen LogP contribution in [0.4, 0.5) is 5.69 Å². The van der Waals surface area contributed by atoms with Crippen LogP contribution in [-0.4, -0.2) is 23.9 Å². The lowest BCUT2D eigenvalue weighted by atomic mass is 9.99. The van der Waals surface area contributed by atoms with Gasteiger partial charge in [-0.2, -0.15) is 0 Å². The van der Waals surface area contributed by atoms with Gasteiger partial charge in [0, 0.05) is 12.1 Å². The van der Waals surface area contributed by atoms with Crippen molar-refractivity contribution < 1.29 is 18.2 Å². The molecule has 3 rings (SSSR count). The van der Waals surface area contributed by atoms with Crippen molar-refractivity contribution in [1.29, 1.82) is 0 Å². The summed E-state index contributed by atoms with van der Waals surface area (Å²) in [6.07, 6.45) is 8.06. The summed E-state index contributed by atoms with van der Waals surface area (Å²) >= 11 is 0. The Labute approximate surface area is 189 Å². The molecule has 0 radical (unpaired) electrons. The van der Waals surface area contributed by atoms with E-state index in [0.717, 1.165) is 29.3 Å². The molecular weight excluding hydrogens is 428 g/mol. The minimum atomic E-state index is -3.97. The highest BCUT2D eigenvalue weighted by Crippen LogP contribution is 2.39. The fourth-order valence-electron chi connectivity index (χ4n) is 3.91. The van der Waals surface area contributed by atoms with Crippen molar-refractivity contribution in [3.05, 3.63) is 82.4 Å². The highest BCUT2D eigenvalue weighted by molar-refractivity contribution is 7.89. The van der Waals surface area contributed by atoms with E-state index < -0.39 is 14.9 Å². The molecule has 1 heterocycles. The molecule has 2 aromatic rings. The van der Waals surface area contributed by atoms with Crippen LogP contribution in [0.2, 0.25) is 0 Å². The summed E-state index contributed by atoms with van der Waals surface area (Å²) in [6, 6.07) is 14.2. The molecule has 1 saturated heterocycles. The zero-order valence-electron chi connectivity index (χ0n) is 18.5. The Kier molecular flexibility index (Phi) is 8.17.